The van der Waals surface area contributed by atoms with Gasteiger partial charge in [-0.05, 0) is 43.5 Å². The molecule has 1 N–H and O–H groups in total. The lowest BCUT2D eigenvalue weighted by Gasteiger charge is -2.21. The minimum atomic E-state index is -3.47. The van der Waals surface area contributed by atoms with Crippen LogP contribution in [0.5, 0.6) is 5.75 Å². The molecule has 0 spiro atoms. The quantitative estimate of drug-likeness (QED) is 0.821. The number of nitrogens with zero attached hydrogens (tertiary/aromatic N) is 1. The van der Waals surface area contributed by atoms with Gasteiger partial charge in [-0.15, -0.1) is 0 Å². The third kappa shape index (κ3) is 5.71. The van der Waals surface area contributed by atoms with E-state index in [0.717, 1.165) is 25.7 Å². The van der Waals surface area contributed by atoms with Gasteiger partial charge in [0.1, 0.15) is 5.75 Å². The van der Waals surface area contributed by atoms with Crippen LogP contribution in [-0.2, 0) is 14.8 Å². The highest BCUT2D eigenvalue weighted by Crippen LogP contribution is 2.23. The summed E-state index contributed by atoms with van der Waals surface area (Å²) in [4.78, 5) is 12.4. The second kappa shape index (κ2) is 9.37. The van der Waals surface area contributed by atoms with E-state index in [9.17, 15) is 13.2 Å². The number of aryl methyl sites for hydroxylation is 1. The van der Waals surface area contributed by atoms with Crippen LogP contribution in [0.4, 0.5) is 0 Å². The standard InChI is InChI=1S/C19H30N2O4S/c1-15-13-17(26(23,24)21(2)3)11-12-18(15)25-14-19(22)20-16-9-7-5-4-6-8-10-16/h11-13,16H,4-10,14H2,1-3H3,(H,20,22). The Morgan fingerprint density at radius 3 is 2.35 bits per heavy atom. The fraction of sp³-hybridized carbons (Fsp3) is 0.632. The largest absolute Gasteiger partial charge is 0.484 e. The molecule has 1 saturated carbocycles. The normalized spacial score (nSPS) is 16.8. The molecule has 0 bridgehead atoms. The van der Waals surface area contributed by atoms with Gasteiger partial charge in [0.15, 0.2) is 6.61 Å². The van der Waals surface area contributed by atoms with Gasteiger partial charge in [-0.3, -0.25) is 4.79 Å². The van der Waals surface area contributed by atoms with E-state index < -0.39 is 10.0 Å². The van der Waals surface area contributed by atoms with E-state index in [4.69, 9.17) is 4.74 Å². The zero-order valence-electron chi connectivity index (χ0n) is 16.0. The van der Waals surface area contributed by atoms with Crippen molar-refractivity contribution < 1.29 is 17.9 Å². The fourth-order valence-electron chi connectivity index (χ4n) is 3.17. The molecule has 1 aromatic rings. The highest BCUT2D eigenvalue weighted by molar-refractivity contribution is 7.89. The molecule has 6 nitrogen and oxygen atoms in total. The van der Waals surface area contributed by atoms with E-state index in [0.29, 0.717) is 11.3 Å². The molecule has 0 unspecified atom stereocenters. The first-order valence-electron chi connectivity index (χ1n) is 9.26. The summed E-state index contributed by atoms with van der Waals surface area (Å²) < 4.78 is 31.1. The molecule has 1 aliphatic rings. The van der Waals surface area contributed by atoms with Crippen molar-refractivity contribution in [1.29, 1.82) is 0 Å². The number of carbonyl (C=O) groups is 1. The second-order valence-electron chi connectivity index (χ2n) is 7.11. The van der Waals surface area contributed by atoms with E-state index in [2.05, 4.69) is 5.32 Å². The molecular weight excluding hydrogens is 352 g/mol. The van der Waals surface area contributed by atoms with Crippen molar-refractivity contribution in [2.45, 2.75) is 62.8 Å². The fourth-order valence-corrected chi connectivity index (χ4v) is 4.16. The van der Waals surface area contributed by atoms with E-state index in [1.807, 2.05) is 0 Å². The van der Waals surface area contributed by atoms with Gasteiger partial charge in [-0.25, -0.2) is 12.7 Å². The van der Waals surface area contributed by atoms with Crippen LogP contribution in [-0.4, -0.2) is 45.4 Å². The minimum absolute atomic E-state index is 0.0584. The maximum Gasteiger partial charge on any atom is 0.258 e. The summed E-state index contributed by atoms with van der Waals surface area (Å²) in [5, 5.41) is 3.06. The molecule has 1 amide bonds. The second-order valence-corrected chi connectivity index (χ2v) is 9.26. The van der Waals surface area contributed by atoms with Gasteiger partial charge in [-0.1, -0.05) is 32.1 Å². The number of rotatable bonds is 6. The van der Waals surface area contributed by atoms with Crippen LogP contribution in [0.15, 0.2) is 23.1 Å². The molecule has 7 heteroatoms. The van der Waals surface area contributed by atoms with Gasteiger partial charge in [0.05, 0.1) is 4.90 Å². The van der Waals surface area contributed by atoms with Gasteiger partial charge in [0, 0.05) is 20.1 Å². The van der Waals surface area contributed by atoms with E-state index >= 15 is 0 Å². The number of hydrogen-bond acceptors (Lipinski definition) is 4. The van der Waals surface area contributed by atoms with Gasteiger partial charge in [0.25, 0.3) is 5.91 Å². The predicted octanol–water partition coefficient (Wildman–Crippen LogP) is 2.85. The summed E-state index contributed by atoms with van der Waals surface area (Å²) >= 11 is 0. The summed E-state index contributed by atoms with van der Waals surface area (Å²) in [5.74, 6) is 0.399. The number of sulfonamides is 1. The third-order valence-electron chi connectivity index (χ3n) is 4.75. The maximum absolute atomic E-state index is 12.2. The molecule has 2 rings (SSSR count). The monoisotopic (exact) mass is 382 g/mol. The Morgan fingerprint density at radius 1 is 1.15 bits per heavy atom. The van der Waals surface area contributed by atoms with E-state index in [1.54, 1.807) is 19.1 Å². The first-order valence-corrected chi connectivity index (χ1v) is 10.7. The van der Waals surface area contributed by atoms with Crippen molar-refractivity contribution in [1.82, 2.24) is 9.62 Å². The van der Waals surface area contributed by atoms with Gasteiger partial charge in [-0.2, -0.15) is 0 Å². The molecule has 1 fully saturated rings. The lowest BCUT2D eigenvalue weighted by atomic mass is 9.97. The number of amides is 1. The Morgan fingerprint density at radius 2 is 1.77 bits per heavy atom. The Bertz CT molecular complexity index is 708. The van der Waals surface area contributed by atoms with Crippen LogP contribution in [0.1, 0.15) is 50.5 Å². The summed E-state index contributed by atoms with van der Waals surface area (Å²) in [6.45, 7) is 1.72. The average molecular weight is 383 g/mol. The Balaban J connectivity index is 1.91. The number of benzene rings is 1. The van der Waals surface area contributed by atoms with Crippen molar-refractivity contribution >= 4 is 15.9 Å². The van der Waals surface area contributed by atoms with Crippen LogP contribution in [0.3, 0.4) is 0 Å². The smallest absolute Gasteiger partial charge is 0.258 e. The minimum Gasteiger partial charge on any atom is -0.484 e. The Labute approximate surface area is 157 Å². The molecule has 0 aromatic heterocycles. The van der Waals surface area contributed by atoms with Crippen LogP contribution in [0, 0.1) is 6.92 Å². The summed E-state index contributed by atoms with van der Waals surface area (Å²) in [6, 6.07) is 4.91. The molecule has 0 heterocycles. The maximum atomic E-state index is 12.2. The van der Waals surface area contributed by atoms with Gasteiger partial charge in [0.2, 0.25) is 10.0 Å². The molecule has 0 aliphatic heterocycles. The van der Waals surface area contributed by atoms with E-state index in [-0.39, 0.29) is 23.5 Å². The van der Waals surface area contributed by atoms with Crippen molar-refractivity contribution in [3.63, 3.8) is 0 Å². The molecular formula is C19H30N2O4S. The van der Waals surface area contributed by atoms with Crippen molar-refractivity contribution in [2.75, 3.05) is 20.7 Å². The van der Waals surface area contributed by atoms with Crippen LogP contribution in [0.25, 0.3) is 0 Å². The lowest BCUT2D eigenvalue weighted by molar-refractivity contribution is -0.123. The Kier molecular flexibility index (Phi) is 7.46. The third-order valence-corrected chi connectivity index (χ3v) is 6.57. The highest BCUT2D eigenvalue weighted by atomic mass is 32.2. The topological polar surface area (TPSA) is 75.7 Å². The molecule has 26 heavy (non-hydrogen) atoms. The zero-order chi connectivity index (χ0) is 19.2. The highest BCUT2D eigenvalue weighted by Gasteiger charge is 2.19. The van der Waals surface area contributed by atoms with Crippen molar-refractivity contribution in [2.24, 2.45) is 0 Å². The average Bonchev–Trinajstić information content (AvgIpc) is 2.55. The number of carbonyl (C=O) groups excluding carboxylic acids is 1. The Hall–Kier alpha value is -1.60. The molecule has 0 saturated heterocycles. The number of nitrogens with one attached hydrogen (secondary N) is 1. The molecule has 0 atom stereocenters. The van der Waals surface area contributed by atoms with Gasteiger partial charge < -0.3 is 10.1 Å². The van der Waals surface area contributed by atoms with Crippen LogP contribution < -0.4 is 10.1 Å². The summed E-state index contributed by atoms with van der Waals surface area (Å²) in [6.07, 6.45) is 8.15. The zero-order valence-corrected chi connectivity index (χ0v) is 16.8. The first-order chi connectivity index (χ1) is 12.3. The molecule has 0 radical (unpaired) electrons. The molecule has 1 aliphatic carbocycles. The van der Waals surface area contributed by atoms with Crippen LogP contribution >= 0.6 is 0 Å². The summed E-state index contributed by atoms with van der Waals surface area (Å²) in [5.41, 5.74) is 0.687. The molecule has 1 aromatic carbocycles. The lowest BCUT2D eigenvalue weighted by Crippen LogP contribution is -2.38. The van der Waals surface area contributed by atoms with Crippen LogP contribution in [0.2, 0.25) is 0 Å². The molecule has 146 valence electrons. The van der Waals surface area contributed by atoms with Crippen molar-refractivity contribution in [3.05, 3.63) is 23.8 Å². The SMILES string of the molecule is Cc1cc(S(=O)(=O)N(C)C)ccc1OCC(=O)NC1CCCCCCC1. The first kappa shape index (κ1) is 20.7. The van der Waals surface area contributed by atoms with Gasteiger partial charge >= 0.3 is 0 Å². The predicted molar refractivity (Wildman–Crippen MR) is 102 cm³/mol. The number of ether oxygens (including phenoxy) is 1. The van der Waals surface area contributed by atoms with Crippen molar-refractivity contribution in [3.8, 4) is 5.75 Å². The van der Waals surface area contributed by atoms with E-state index in [1.165, 1.54) is 43.7 Å². The summed E-state index contributed by atoms with van der Waals surface area (Å²) in [7, 11) is -0.485. The number of hydrogen-bond donors (Lipinski definition) is 1.